The maximum atomic E-state index is 12.1. The number of nitro groups is 1. The van der Waals surface area contributed by atoms with Gasteiger partial charge in [0, 0.05) is 12.6 Å². The van der Waals surface area contributed by atoms with Gasteiger partial charge in [-0.3, -0.25) is 14.9 Å². The van der Waals surface area contributed by atoms with Crippen molar-refractivity contribution in [2.24, 2.45) is 0 Å². The molecule has 8 nitrogen and oxygen atoms in total. The molecule has 0 aromatic heterocycles. The fourth-order valence-electron chi connectivity index (χ4n) is 2.14. The quantitative estimate of drug-likeness (QED) is 0.440. The number of rotatable bonds is 7. The van der Waals surface area contributed by atoms with Crippen molar-refractivity contribution in [3.05, 3.63) is 68.7 Å². The van der Waals surface area contributed by atoms with Gasteiger partial charge in [-0.25, -0.2) is 4.79 Å². The number of nitrogens with zero attached hydrogens (tertiary/aromatic N) is 1. The third-order valence-electron chi connectivity index (χ3n) is 3.66. The Morgan fingerprint density at radius 2 is 1.89 bits per heavy atom. The zero-order valence-corrected chi connectivity index (χ0v) is 15.4. The lowest BCUT2D eigenvalue weighted by Gasteiger charge is -2.14. The Kier molecular flexibility index (Phi) is 6.73. The van der Waals surface area contributed by atoms with E-state index in [2.05, 4.69) is 5.32 Å². The summed E-state index contributed by atoms with van der Waals surface area (Å²) in [6.07, 6.45) is -1.08. The highest BCUT2D eigenvalue weighted by molar-refractivity contribution is 6.32. The van der Waals surface area contributed by atoms with Gasteiger partial charge in [-0.15, -0.1) is 0 Å². The zero-order chi connectivity index (χ0) is 20.0. The summed E-state index contributed by atoms with van der Waals surface area (Å²) in [5.74, 6) is -0.658. The van der Waals surface area contributed by atoms with Crippen LogP contribution in [0.2, 0.25) is 5.02 Å². The van der Waals surface area contributed by atoms with Crippen molar-refractivity contribution >= 4 is 29.2 Å². The molecule has 1 atom stereocenters. The van der Waals surface area contributed by atoms with E-state index in [4.69, 9.17) is 21.1 Å². The van der Waals surface area contributed by atoms with Crippen molar-refractivity contribution in [2.75, 3.05) is 7.11 Å². The molecule has 9 heteroatoms. The summed E-state index contributed by atoms with van der Waals surface area (Å²) in [5, 5.41) is 13.4. The molecule has 0 heterocycles. The van der Waals surface area contributed by atoms with E-state index in [0.717, 1.165) is 11.6 Å². The molecule has 0 aliphatic carbocycles. The predicted octanol–water partition coefficient (Wildman–Crippen LogP) is 3.12. The van der Waals surface area contributed by atoms with Crippen LogP contribution in [0, 0.1) is 10.1 Å². The van der Waals surface area contributed by atoms with E-state index in [1.54, 1.807) is 31.4 Å². The lowest BCUT2D eigenvalue weighted by atomic mass is 10.2. The topological polar surface area (TPSA) is 108 Å². The van der Waals surface area contributed by atoms with E-state index in [9.17, 15) is 19.7 Å². The Labute approximate surface area is 160 Å². The molecule has 2 rings (SSSR count). The van der Waals surface area contributed by atoms with Crippen LogP contribution < -0.4 is 10.1 Å². The number of esters is 1. The third kappa shape index (κ3) is 5.42. The van der Waals surface area contributed by atoms with Gasteiger partial charge < -0.3 is 14.8 Å². The number of halogens is 1. The van der Waals surface area contributed by atoms with Gasteiger partial charge in [-0.2, -0.15) is 0 Å². The van der Waals surface area contributed by atoms with Gasteiger partial charge >= 0.3 is 5.97 Å². The Balaban J connectivity index is 1.94. The zero-order valence-electron chi connectivity index (χ0n) is 14.6. The van der Waals surface area contributed by atoms with Crippen molar-refractivity contribution < 1.29 is 24.0 Å². The first kappa shape index (κ1) is 20.2. The molecule has 0 saturated carbocycles. The molecule has 0 aliphatic heterocycles. The Morgan fingerprint density at radius 1 is 1.22 bits per heavy atom. The van der Waals surface area contributed by atoms with Gasteiger partial charge in [0.15, 0.2) is 6.10 Å². The number of hydrogen-bond acceptors (Lipinski definition) is 6. The highest BCUT2D eigenvalue weighted by Gasteiger charge is 2.21. The second kappa shape index (κ2) is 9.00. The van der Waals surface area contributed by atoms with Gasteiger partial charge in [0.1, 0.15) is 10.8 Å². The van der Waals surface area contributed by atoms with Crippen LogP contribution >= 0.6 is 11.6 Å². The maximum Gasteiger partial charge on any atom is 0.339 e. The molecule has 0 saturated heterocycles. The summed E-state index contributed by atoms with van der Waals surface area (Å²) in [4.78, 5) is 34.4. The largest absolute Gasteiger partial charge is 0.497 e. The molecule has 0 spiro atoms. The summed E-state index contributed by atoms with van der Waals surface area (Å²) < 4.78 is 10.1. The average Bonchev–Trinajstić information content (AvgIpc) is 2.66. The molecule has 1 N–H and O–H groups in total. The molecule has 0 fully saturated rings. The van der Waals surface area contributed by atoms with Crippen molar-refractivity contribution in [3.8, 4) is 5.75 Å². The SMILES string of the molecule is COc1ccc(CNC(=O)[C@@H](C)OC(=O)c2ccc(Cl)c([N+](=O)[O-])c2)cc1. The van der Waals surface area contributed by atoms with E-state index in [1.165, 1.54) is 19.1 Å². The van der Waals surface area contributed by atoms with E-state index in [1.807, 2.05) is 0 Å². The minimum absolute atomic E-state index is 0.0686. The third-order valence-corrected chi connectivity index (χ3v) is 3.98. The van der Waals surface area contributed by atoms with Crippen molar-refractivity contribution in [2.45, 2.75) is 19.6 Å². The van der Waals surface area contributed by atoms with Crippen LogP contribution in [0.5, 0.6) is 5.75 Å². The summed E-state index contributed by atoms with van der Waals surface area (Å²) in [5.41, 5.74) is 0.361. The van der Waals surface area contributed by atoms with E-state index in [-0.39, 0.29) is 17.1 Å². The first-order valence-electron chi connectivity index (χ1n) is 7.87. The van der Waals surface area contributed by atoms with Crippen LogP contribution in [0.4, 0.5) is 5.69 Å². The number of benzene rings is 2. The van der Waals surface area contributed by atoms with Gasteiger partial charge in [0.25, 0.3) is 11.6 Å². The number of nitrogens with one attached hydrogen (secondary N) is 1. The monoisotopic (exact) mass is 392 g/mol. The Bertz CT molecular complexity index is 853. The fraction of sp³-hybridized carbons (Fsp3) is 0.222. The lowest BCUT2D eigenvalue weighted by molar-refractivity contribution is -0.384. The maximum absolute atomic E-state index is 12.1. The molecule has 0 bridgehead atoms. The van der Waals surface area contributed by atoms with Crippen LogP contribution in [0.25, 0.3) is 0 Å². The summed E-state index contributed by atoms with van der Waals surface area (Å²) in [6, 6.07) is 10.6. The second-order valence-corrected chi connectivity index (χ2v) is 5.94. The van der Waals surface area contributed by atoms with Gasteiger partial charge in [-0.1, -0.05) is 23.7 Å². The Morgan fingerprint density at radius 3 is 2.48 bits per heavy atom. The molecule has 142 valence electrons. The summed E-state index contributed by atoms with van der Waals surface area (Å²) >= 11 is 5.70. The van der Waals surface area contributed by atoms with E-state index >= 15 is 0 Å². The minimum atomic E-state index is -1.08. The van der Waals surface area contributed by atoms with Crippen molar-refractivity contribution in [3.63, 3.8) is 0 Å². The molecule has 0 radical (unpaired) electrons. The van der Waals surface area contributed by atoms with Crippen molar-refractivity contribution in [1.29, 1.82) is 0 Å². The summed E-state index contributed by atoms with van der Waals surface area (Å²) in [7, 11) is 1.56. The fourth-order valence-corrected chi connectivity index (χ4v) is 2.32. The van der Waals surface area contributed by atoms with E-state index in [0.29, 0.717) is 5.75 Å². The Hall–Kier alpha value is -3.13. The van der Waals surface area contributed by atoms with E-state index < -0.39 is 28.6 Å². The van der Waals surface area contributed by atoms with Crippen LogP contribution in [0.1, 0.15) is 22.8 Å². The van der Waals surface area contributed by atoms with Gasteiger partial charge in [0.05, 0.1) is 17.6 Å². The highest BCUT2D eigenvalue weighted by atomic mass is 35.5. The van der Waals surface area contributed by atoms with Crippen molar-refractivity contribution in [1.82, 2.24) is 5.32 Å². The molecular formula is C18H17ClN2O6. The lowest BCUT2D eigenvalue weighted by Crippen LogP contribution is -2.35. The number of carbonyl (C=O) groups is 2. The molecule has 0 unspecified atom stereocenters. The number of carbonyl (C=O) groups excluding carboxylic acids is 2. The van der Waals surface area contributed by atoms with Crippen LogP contribution in [0.3, 0.4) is 0 Å². The van der Waals surface area contributed by atoms with Crippen LogP contribution in [-0.2, 0) is 16.1 Å². The normalized spacial score (nSPS) is 11.4. The first-order valence-corrected chi connectivity index (χ1v) is 8.25. The first-order chi connectivity index (χ1) is 12.8. The number of methoxy groups -OCH3 is 1. The molecule has 2 aromatic rings. The number of amides is 1. The number of ether oxygens (including phenoxy) is 2. The summed E-state index contributed by atoms with van der Waals surface area (Å²) in [6.45, 7) is 1.66. The standard InChI is InChI=1S/C18H17ClN2O6/c1-11(17(22)20-10-12-3-6-14(26-2)7-4-12)27-18(23)13-5-8-15(19)16(9-13)21(24)25/h3-9,11H,10H2,1-2H3,(H,20,22)/t11-/m1/s1. The molecule has 2 aromatic carbocycles. The van der Waals surface area contributed by atoms with Crippen LogP contribution in [0.15, 0.2) is 42.5 Å². The average molecular weight is 393 g/mol. The molecular weight excluding hydrogens is 376 g/mol. The molecule has 0 aliphatic rings. The van der Waals surface area contributed by atoms with Crippen LogP contribution in [-0.4, -0.2) is 30.0 Å². The number of hydrogen-bond donors (Lipinski definition) is 1. The minimum Gasteiger partial charge on any atom is -0.497 e. The highest BCUT2D eigenvalue weighted by Crippen LogP contribution is 2.25. The molecule has 1 amide bonds. The van der Waals surface area contributed by atoms with Gasteiger partial charge in [-0.05, 0) is 36.8 Å². The molecule has 27 heavy (non-hydrogen) atoms. The van der Waals surface area contributed by atoms with Gasteiger partial charge in [0.2, 0.25) is 0 Å². The second-order valence-electron chi connectivity index (χ2n) is 5.54. The smallest absolute Gasteiger partial charge is 0.339 e. The predicted molar refractivity (Wildman–Crippen MR) is 97.8 cm³/mol. The number of nitro benzene ring substituents is 1.